The van der Waals surface area contributed by atoms with Crippen molar-refractivity contribution in [3.05, 3.63) is 96.7 Å². The van der Waals surface area contributed by atoms with E-state index in [9.17, 15) is 4.79 Å². The van der Waals surface area contributed by atoms with Crippen molar-refractivity contribution in [3.8, 4) is 5.75 Å². The molecule has 0 saturated carbocycles. The van der Waals surface area contributed by atoms with Gasteiger partial charge >= 0.3 is 0 Å². The Kier molecular flexibility index (Phi) is 8.20. The molecule has 3 aromatic rings. The van der Waals surface area contributed by atoms with Crippen LogP contribution in [0, 0.1) is 5.41 Å². The number of anilines is 1. The standard InChI is InChI=1S/C29H32N2O2/c1-5-29(4,18-7-9-22(2)3)19-17-23-13-15-25(16-14-23)33-21-27(32)31-26-12-6-10-24-11-8-20-30-28(24)26/h5-6,8-17,19-20H,1,7,18,21H2,2-4H3,(H,31,32)/b19-17+/t29-/m1/s1. The van der Waals surface area contributed by atoms with E-state index in [0.717, 1.165) is 29.3 Å². The fourth-order valence-corrected chi connectivity index (χ4v) is 3.43. The summed E-state index contributed by atoms with van der Waals surface area (Å²) in [4.78, 5) is 16.7. The third kappa shape index (κ3) is 7.18. The maximum atomic E-state index is 12.4. The SMILES string of the molecule is C=C[C@@](C)(/C=C/c1ccc(OCC(=O)Nc2cccc3cccnc23)cc1)CCC=C(C)C. The Morgan fingerprint density at radius 1 is 1.12 bits per heavy atom. The summed E-state index contributed by atoms with van der Waals surface area (Å²) < 4.78 is 5.67. The summed E-state index contributed by atoms with van der Waals surface area (Å²) in [6, 6.07) is 17.3. The van der Waals surface area contributed by atoms with E-state index in [1.165, 1.54) is 5.57 Å². The summed E-state index contributed by atoms with van der Waals surface area (Å²) >= 11 is 0. The molecule has 0 bridgehead atoms. The molecule has 0 radical (unpaired) electrons. The van der Waals surface area contributed by atoms with E-state index < -0.39 is 0 Å². The Hall–Kier alpha value is -3.66. The molecule has 0 unspecified atom stereocenters. The van der Waals surface area contributed by atoms with E-state index >= 15 is 0 Å². The molecule has 2 aromatic carbocycles. The van der Waals surface area contributed by atoms with Crippen molar-refractivity contribution in [1.82, 2.24) is 4.98 Å². The van der Waals surface area contributed by atoms with Gasteiger partial charge in [-0.15, -0.1) is 6.58 Å². The van der Waals surface area contributed by atoms with Crippen LogP contribution < -0.4 is 10.1 Å². The van der Waals surface area contributed by atoms with Gasteiger partial charge in [-0.2, -0.15) is 0 Å². The third-order valence-electron chi connectivity index (χ3n) is 5.52. The topological polar surface area (TPSA) is 51.2 Å². The molecule has 4 nitrogen and oxygen atoms in total. The number of pyridine rings is 1. The number of hydrogen-bond donors (Lipinski definition) is 1. The number of nitrogens with one attached hydrogen (secondary N) is 1. The van der Waals surface area contributed by atoms with Gasteiger partial charge in [-0.1, -0.05) is 67.1 Å². The fourth-order valence-electron chi connectivity index (χ4n) is 3.43. The molecule has 1 heterocycles. The highest BCUT2D eigenvalue weighted by molar-refractivity contribution is 6.00. The Balaban J connectivity index is 1.54. The van der Waals surface area contributed by atoms with Crippen LogP contribution in [0.3, 0.4) is 0 Å². The molecule has 0 spiro atoms. The lowest BCUT2D eigenvalue weighted by atomic mass is 9.84. The Morgan fingerprint density at radius 2 is 1.88 bits per heavy atom. The van der Waals surface area contributed by atoms with Gasteiger partial charge in [0.1, 0.15) is 5.75 Å². The predicted octanol–water partition coefficient (Wildman–Crippen LogP) is 7.20. The van der Waals surface area contributed by atoms with Gasteiger partial charge in [-0.3, -0.25) is 9.78 Å². The largest absolute Gasteiger partial charge is 0.484 e. The first-order chi connectivity index (χ1) is 15.9. The predicted molar refractivity (Wildman–Crippen MR) is 138 cm³/mol. The summed E-state index contributed by atoms with van der Waals surface area (Å²) in [6.07, 6.45) is 12.3. The minimum absolute atomic E-state index is 0.0598. The van der Waals surface area contributed by atoms with Gasteiger partial charge in [-0.25, -0.2) is 0 Å². The van der Waals surface area contributed by atoms with E-state index in [2.05, 4.69) is 55.9 Å². The average Bonchev–Trinajstić information content (AvgIpc) is 2.82. The molecule has 4 heteroatoms. The summed E-state index contributed by atoms with van der Waals surface area (Å²) in [7, 11) is 0. The number of carbonyl (C=O) groups is 1. The smallest absolute Gasteiger partial charge is 0.262 e. The van der Waals surface area contributed by atoms with Crippen LogP contribution in [0.15, 0.2) is 91.2 Å². The number of ether oxygens (including phenoxy) is 1. The summed E-state index contributed by atoms with van der Waals surface area (Å²) in [5.74, 6) is 0.420. The van der Waals surface area contributed by atoms with Crippen LogP contribution in [0.4, 0.5) is 5.69 Å². The molecule has 0 fully saturated rings. The zero-order chi connectivity index (χ0) is 23.7. The number of aromatic nitrogens is 1. The molecular formula is C29H32N2O2. The normalized spacial score (nSPS) is 12.8. The highest BCUT2D eigenvalue weighted by Crippen LogP contribution is 2.28. The van der Waals surface area contributed by atoms with Crippen molar-refractivity contribution in [2.45, 2.75) is 33.6 Å². The lowest BCUT2D eigenvalue weighted by Gasteiger charge is -2.20. The zero-order valence-electron chi connectivity index (χ0n) is 19.7. The Labute approximate surface area is 196 Å². The molecule has 1 atom stereocenters. The lowest BCUT2D eigenvalue weighted by molar-refractivity contribution is -0.118. The molecule has 0 aliphatic rings. The average molecular weight is 441 g/mol. The quantitative estimate of drug-likeness (QED) is 0.339. The third-order valence-corrected chi connectivity index (χ3v) is 5.52. The zero-order valence-corrected chi connectivity index (χ0v) is 19.7. The van der Waals surface area contributed by atoms with Gasteiger partial charge in [0.15, 0.2) is 6.61 Å². The number of amides is 1. The van der Waals surface area contributed by atoms with E-state index in [1.54, 1.807) is 6.20 Å². The lowest BCUT2D eigenvalue weighted by Crippen LogP contribution is -2.20. The van der Waals surface area contributed by atoms with Crippen molar-refractivity contribution < 1.29 is 9.53 Å². The number of hydrogen-bond acceptors (Lipinski definition) is 3. The first kappa shape index (κ1) is 24.0. The molecule has 33 heavy (non-hydrogen) atoms. The van der Waals surface area contributed by atoms with Gasteiger partial charge in [0.05, 0.1) is 11.2 Å². The van der Waals surface area contributed by atoms with E-state index in [4.69, 9.17) is 4.74 Å². The number of para-hydroxylation sites is 1. The number of allylic oxidation sites excluding steroid dienone is 4. The molecule has 3 rings (SSSR count). The van der Waals surface area contributed by atoms with E-state index in [1.807, 2.05) is 60.7 Å². The molecule has 0 saturated heterocycles. The first-order valence-corrected chi connectivity index (χ1v) is 11.2. The number of nitrogens with zero attached hydrogens (tertiary/aromatic N) is 1. The van der Waals surface area contributed by atoms with Gasteiger partial charge in [-0.05, 0) is 56.5 Å². The van der Waals surface area contributed by atoms with Crippen molar-refractivity contribution >= 4 is 28.6 Å². The minimum atomic E-state index is -0.227. The highest BCUT2D eigenvalue weighted by Gasteiger charge is 2.15. The molecule has 0 aliphatic carbocycles. The molecule has 1 aromatic heterocycles. The second kappa shape index (κ2) is 11.3. The van der Waals surface area contributed by atoms with Crippen LogP contribution in [0.2, 0.25) is 0 Å². The second-order valence-corrected chi connectivity index (χ2v) is 8.65. The summed E-state index contributed by atoms with van der Waals surface area (Å²) in [6.45, 7) is 10.4. The van der Waals surface area contributed by atoms with Crippen LogP contribution in [0.25, 0.3) is 17.0 Å². The minimum Gasteiger partial charge on any atom is -0.484 e. The number of fused-ring (bicyclic) bond motifs is 1. The van der Waals surface area contributed by atoms with Crippen LogP contribution >= 0.6 is 0 Å². The summed E-state index contributed by atoms with van der Waals surface area (Å²) in [5, 5.41) is 3.86. The maximum Gasteiger partial charge on any atom is 0.262 e. The van der Waals surface area contributed by atoms with Gasteiger partial charge in [0.25, 0.3) is 5.91 Å². The number of carbonyl (C=O) groups excluding carboxylic acids is 1. The second-order valence-electron chi connectivity index (χ2n) is 8.65. The van der Waals surface area contributed by atoms with Crippen LogP contribution in [-0.2, 0) is 4.79 Å². The summed E-state index contributed by atoms with van der Waals surface area (Å²) in [5.41, 5.74) is 3.79. The van der Waals surface area contributed by atoms with Crippen LogP contribution in [0.5, 0.6) is 5.75 Å². The van der Waals surface area contributed by atoms with E-state index in [-0.39, 0.29) is 17.9 Å². The fraction of sp³-hybridized carbons (Fsp3) is 0.241. The van der Waals surface area contributed by atoms with Crippen molar-refractivity contribution in [2.75, 3.05) is 11.9 Å². The molecular weight excluding hydrogens is 408 g/mol. The highest BCUT2D eigenvalue weighted by atomic mass is 16.5. The van der Waals surface area contributed by atoms with Gasteiger partial charge < -0.3 is 10.1 Å². The Morgan fingerprint density at radius 3 is 2.61 bits per heavy atom. The molecule has 1 N–H and O–H groups in total. The number of rotatable bonds is 10. The van der Waals surface area contributed by atoms with Crippen LogP contribution in [-0.4, -0.2) is 17.5 Å². The van der Waals surface area contributed by atoms with Crippen molar-refractivity contribution in [3.63, 3.8) is 0 Å². The molecule has 1 amide bonds. The van der Waals surface area contributed by atoms with Crippen LogP contribution in [0.1, 0.15) is 39.2 Å². The van der Waals surface area contributed by atoms with Crippen molar-refractivity contribution in [2.24, 2.45) is 5.41 Å². The monoisotopic (exact) mass is 440 g/mol. The van der Waals surface area contributed by atoms with E-state index in [0.29, 0.717) is 11.4 Å². The maximum absolute atomic E-state index is 12.4. The Bertz CT molecular complexity index is 1150. The molecule has 170 valence electrons. The van der Waals surface area contributed by atoms with Gasteiger partial charge in [0.2, 0.25) is 0 Å². The van der Waals surface area contributed by atoms with Crippen molar-refractivity contribution in [1.29, 1.82) is 0 Å². The molecule has 0 aliphatic heterocycles. The number of benzene rings is 2. The van der Waals surface area contributed by atoms with Gasteiger partial charge in [0, 0.05) is 17.0 Å². The first-order valence-electron chi connectivity index (χ1n) is 11.2.